The quantitative estimate of drug-likeness (QED) is 0.256. The van der Waals surface area contributed by atoms with Gasteiger partial charge in [0, 0.05) is 17.5 Å². The Kier molecular flexibility index (Phi) is 6.01. The van der Waals surface area contributed by atoms with E-state index in [0.717, 1.165) is 23.0 Å². The van der Waals surface area contributed by atoms with Gasteiger partial charge in [-0.25, -0.2) is 27.7 Å². The molecule has 0 aliphatic heterocycles. The van der Waals surface area contributed by atoms with Crippen LogP contribution in [-0.4, -0.2) is 30.1 Å². The zero-order chi connectivity index (χ0) is 23.7. The number of nitrogens with one attached hydrogen (secondary N) is 1. The van der Waals surface area contributed by atoms with Crippen LogP contribution >= 0.6 is 11.3 Å². The van der Waals surface area contributed by atoms with E-state index in [2.05, 4.69) is 10.3 Å². The average Bonchev–Trinajstić information content (AvgIpc) is 3.16. The van der Waals surface area contributed by atoms with Crippen LogP contribution < -0.4 is 15.7 Å². The number of nitrogens with zero attached hydrogens (tertiary/aromatic N) is 1. The molecule has 0 atom stereocenters. The second-order valence-electron chi connectivity index (χ2n) is 6.76. The number of esters is 1. The van der Waals surface area contributed by atoms with Gasteiger partial charge in [-0.15, -0.1) is 0 Å². The van der Waals surface area contributed by atoms with Crippen LogP contribution in [-0.2, 0) is 14.3 Å². The first-order valence-corrected chi connectivity index (χ1v) is 10.1. The number of anilines is 1. The van der Waals surface area contributed by atoms with E-state index in [4.69, 9.17) is 13.9 Å². The fraction of sp³-hybridized carbons (Fsp3) is 0.143. The molecule has 4 rings (SSSR count). The lowest BCUT2D eigenvalue weighted by atomic mass is 10.1. The highest BCUT2D eigenvalue weighted by molar-refractivity contribution is 7.22. The van der Waals surface area contributed by atoms with E-state index in [9.17, 15) is 27.6 Å². The number of ether oxygens (including phenoxy) is 2. The van der Waals surface area contributed by atoms with Gasteiger partial charge in [0.1, 0.15) is 16.8 Å². The highest BCUT2D eigenvalue weighted by atomic mass is 32.1. The van der Waals surface area contributed by atoms with Crippen molar-refractivity contribution in [2.75, 3.05) is 18.5 Å². The van der Waals surface area contributed by atoms with E-state index in [-0.39, 0.29) is 21.2 Å². The topological polar surface area (TPSA) is 108 Å². The number of halogens is 3. The lowest BCUT2D eigenvalue weighted by Crippen LogP contribution is -2.23. The number of carbonyl (C=O) groups excluding carboxylic acids is 2. The minimum absolute atomic E-state index is 0.00601. The Labute approximate surface area is 186 Å². The summed E-state index contributed by atoms with van der Waals surface area (Å²) in [5.74, 6) is -5.92. The number of carbonyl (C=O) groups is 2. The van der Waals surface area contributed by atoms with Gasteiger partial charge in [0.15, 0.2) is 35.8 Å². The summed E-state index contributed by atoms with van der Waals surface area (Å²) in [4.78, 5) is 39.0. The van der Waals surface area contributed by atoms with Crippen LogP contribution in [0.1, 0.15) is 5.56 Å². The predicted molar refractivity (Wildman–Crippen MR) is 112 cm³/mol. The fourth-order valence-electron chi connectivity index (χ4n) is 2.91. The Bertz CT molecular complexity index is 1470. The van der Waals surface area contributed by atoms with E-state index in [1.54, 1.807) is 19.1 Å². The van der Waals surface area contributed by atoms with Crippen molar-refractivity contribution in [3.63, 3.8) is 0 Å². The molecule has 2 aromatic carbocycles. The number of aromatic nitrogens is 1. The van der Waals surface area contributed by atoms with Gasteiger partial charge in [-0.3, -0.25) is 10.1 Å². The van der Waals surface area contributed by atoms with Crippen molar-refractivity contribution in [2.45, 2.75) is 6.92 Å². The van der Waals surface area contributed by atoms with Crippen molar-refractivity contribution in [3.8, 4) is 5.75 Å². The molecule has 2 aromatic heterocycles. The van der Waals surface area contributed by atoms with Gasteiger partial charge in [-0.1, -0.05) is 11.3 Å². The number of rotatable bonds is 6. The number of hydrogen-bond acceptors (Lipinski definition) is 8. The maximum absolute atomic E-state index is 13.7. The first kappa shape index (κ1) is 22.3. The zero-order valence-corrected chi connectivity index (χ0v) is 17.6. The van der Waals surface area contributed by atoms with Crippen molar-refractivity contribution in [1.29, 1.82) is 0 Å². The second-order valence-corrected chi connectivity index (χ2v) is 7.79. The summed E-state index contributed by atoms with van der Waals surface area (Å²) in [5, 5.41) is 2.84. The van der Waals surface area contributed by atoms with Crippen molar-refractivity contribution >= 4 is 49.5 Å². The molecule has 0 bridgehead atoms. The summed E-state index contributed by atoms with van der Waals surface area (Å²) in [6.45, 7) is 0.526. The van der Waals surface area contributed by atoms with E-state index in [1.165, 1.54) is 12.1 Å². The van der Waals surface area contributed by atoms with Crippen LogP contribution in [0.4, 0.5) is 18.3 Å². The summed E-state index contributed by atoms with van der Waals surface area (Å²) in [7, 11) is 0. The van der Waals surface area contributed by atoms with Crippen molar-refractivity contribution in [3.05, 3.63) is 63.8 Å². The van der Waals surface area contributed by atoms with Crippen LogP contribution in [0, 0.1) is 24.4 Å². The molecule has 170 valence electrons. The van der Waals surface area contributed by atoms with Crippen LogP contribution in [0.15, 0.2) is 39.5 Å². The van der Waals surface area contributed by atoms with Gasteiger partial charge in [0.05, 0.1) is 4.70 Å². The molecule has 0 spiro atoms. The molecular formula is C21H13F3N2O6S. The maximum Gasteiger partial charge on any atom is 0.344 e. The number of thiazole rings is 1. The standard InChI is InChI=1S/C21H13F3N2O6S/c1-9-4-16(28)32-13-5-10(2-3-11(9)13)30-8-17(29)31-7-15(27)25-21-26-20-14(33-21)6-12(22)18(23)19(20)24/h2-6H,7-8H2,1H3,(H,25,26,27). The first-order valence-electron chi connectivity index (χ1n) is 9.28. The molecule has 0 aliphatic carbocycles. The van der Waals surface area contributed by atoms with E-state index >= 15 is 0 Å². The maximum atomic E-state index is 13.7. The van der Waals surface area contributed by atoms with Crippen molar-refractivity contribution in [2.24, 2.45) is 0 Å². The number of benzene rings is 2. The Balaban J connectivity index is 1.31. The van der Waals surface area contributed by atoms with Crippen LogP contribution in [0.2, 0.25) is 0 Å². The Morgan fingerprint density at radius 2 is 1.91 bits per heavy atom. The summed E-state index contributed by atoms with van der Waals surface area (Å²) >= 11 is 0.721. The summed E-state index contributed by atoms with van der Waals surface area (Å²) in [6.07, 6.45) is 0. The molecule has 4 aromatic rings. The monoisotopic (exact) mass is 478 g/mol. The molecule has 1 N–H and O–H groups in total. The molecular weight excluding hydrogens is 465 g/mol. The van der Waals surface area contributed by atoms with Gasteiger partial charge in [0.25, 0.3) is 5.91 Å². The summed E-state index contributed by atoms with van der Waals surface area (Å²) in [6, 6.07) is 6.81. The minimum atomic E-state index is -1.66. The molecule has 1 amide bonds. The SMILES string of the molecule is Cc1cc(=O)oc2cc(OCC(=O)OCC(=O)Nc3nc4c(F)c(F)c(F)cc4s3)ccc12. The number of hydrogen-bond donors (Lipinski definition) is 1. The molecule has 0 radical (unpaired) electrons. The van der Waals surface area contributed by atoms with Gasteiger partial charge >= 0.3 is 11.6 Å². The molecule has 33 heavy (non-hydrogen) atoms. The highest BCUT2D eigenvalue weighted by Crippen LogP contribution is 2.30. The lowest BCUT2D eigenvalue weighted by Gasteiger charge is -2.08. The third kappa shape index (κ3) is 4.80. The van der Waals surface area contributed by atoms with Crippen LogP contribution in [0.5, 0.6) is 5.75 Å². The highest BCUT2D eigenvalue weighted by Gasteiger charge is 2.18. The Morgan fingerprint density at radius 1 is 1.12 bits per heavy atom. The largest absolute Gasteiger partial charge is 0.482 e. The van der Waals surface area contributed by atoms with Crippen LogP contribution in [0.3, 0.4) is 0 Å². The van der Waals surface area contributed by atoms with E-state index in [0.29, 0.717) is 5.39 Å². The number of fused-ring (bicyclic) bond motifs is 2. The number of aryl methyl sites for hydroxylation is 1. The lowest BCUT2D eigenvalue weighted by molar-refractivity contribution is -0.149. The minimum Gasteiger partial charge on any atom is -0.482 e. The smallest absolute Gasteiger partial charge is 0.344 e. The third-order valence-corrected chi connectivity index (χ3v) is 5.33. The van der Waals surface area contributed by atoms with E-state index in [1.807, 2.05) is 0 Å². The zero-order valence-electron chi connectivity index (χ0n) is 16.7. The molecule has 0 fully saturated rings. The Morgan fingerprint density at radius 3 is 2.70 bits per heavy atom. The molecule has 0 unspecified atom stereocenters. The third-order valence-electron chi connectivity index (χ3n) is 4.41. The summed E-state index contributed by atoms with van der Waals surface area (Å²) < 4.78 is 55.5. The second kappa shape index (κ2) is 8.90. The summed E-state index contributed by atoms with van der Waals surface area (Å²) in [5.41, 5.74) is 0.0661. The van der Waals surface area contributed by atoms with Gasteiger partial charge in [0.2, 0.25) is 0 Å². The van der Waals surface area contributed by atoms with E-state index < -0.39 is 53.7 Å². The normalized spacial score (nSPS) is 11.0. The first-order chi connectivity index (χ1) is 15.7. The average molecular weight is 478 g/mol. The predicted octanol–water partition coefficient (Wildman–Crippen LogP) is 3.69. The van der Waals surface area contributed by atoms with Gasteiger partial charge in [-0.2, -0.15) is 0 Å². The molecule has 8 nitrogen and oxygen atoms in total. The molecule has 0 aliphatic rings. The molecule has 2 heterocycles. The van der Waals surface area contributed by atoms with Gasteiger partial charge < -0.3 is 13.9 Å². The Hall–Kier alpha value is -3.93. The number of amides is 1. The molecule has 0 saturated carbocycles. The van der Waals surface area contributed by atoms with Crippen molar-refractivity contribution in [1.82, 2.24) is 4.98 Å². The van der Waals surface area contributed by atoms with Crippen molar-refractivity contribution < 1.29 is 36.7 Å². The fourth-order valence-corrected chi connectivity index (χ4v) is 3.81. The van der Waals surface area contributed by atoms with Crippen LogP contribution in [0.25, 0.3) is 21.2 Å². The van der Waals surface area contributed by atoms with Gasteiger partial charge in [-0.05, 0) is 30.7 Å². The molecule has 12 heteroatoms. The molecule has 0 saturated heterocycles.